The van der Waals surface area contributed by atoms with E-state index in [9.17, 15) is 9.65 Å². The molecule has 0 aliphatic carbocycles. The van der Waals surface area contributed by atoms with Gasteiger partial charge in [-0.15, -0.1) is 0 Å². The summed E-state index contributed by atoms with van der Waals surface area (Å²) < 4.78 is 24.2. The molecule has 0 spiro atoms. The summed E-state index contributed by atoms with van der Waals surface area (Å²) >= 11 is 6.01. The molecule has 0 aromatic carbocycles. The maximum atomic E-state index is 14.4. The highest BCUT2D eigenvalue weighted by Gasteiger charge is 2.33. The molecule has 4 aromatic rings. The predicted octanol–water partition coefficient (Wildman–Crippen LogP) is 5.78. The van der Waals surface area contributed by atoms with Crippen molar-refractivity contribution in [1.82, 2.24) is 29.3 Å². The fourth-order valence-corrected chi connectivity index (χ4v) is 5.91. The third-order valence-corrected chi connectivity index (χ3v) is 9.07. The van der Waals surface area contributed by atoms with Crippen molar-refractivity contribution in [2.24, 2.45) is 5.92 Å². The molecular formula is C27H32ClFN8OSi. The Labute approximate surface area is 233 Å². The second-order valence-corrected chi connectivity index (χ2v) is 17.2. The summed E-state index contributed by atoms with van der Waals surface area (Å²) in [4.78, 5) is 15.1. The highest BCUT2D eigenvalue weighted by Crippen LogP contribution is 2.35. The van der Waals surface area contributed by atoms with E-state index < -0.39 is 13.9 Å². The van der Waals surface area contributed by atoms with E-state index in [-0.39, 0.29) is 29.4 Å². The minimum absolute atomic E-state index is 0.0948. The van der Waals surface area contributed by atoms with Gasteiger partial charge < -0.3 is 14.2 Å². The van der Waals surface area contributed by atoms with Crippen LogP contribution in [0.5, 0.6) is 0 Å². The Morgan fingerprint density at radius 2 is 2.10 bits per heavy atom. The van der Waals surface area contributed by atoms with E-state index in [1.165, 1.54) is 12.1 Å². The molecular weight excluding hydrogens is 535 g/mol. The zero-order valence-corrected chi connectivity index (χ0v) is 24.1. The van der Waals surface area contributed by atoms with E-state index >= 15 is 0 Å². The molecule has 2 atom stereocenters. The topological polar surface area (TPSA) is 97.7 Å². The monoisotopic (exact) mass is 566 g/mol. The Kier molecular flexibility index (Phi) is 7.97. The summed E-state index contributed by atoms with van der Waals surface area (Å²) in [6.07, 6.45) is 8.31. The summed E-state index contributed by atoms with van der Waals surface area (Å²) in [6.45, 7) is 9.37. The SMILES string of the molecule is C[Si](C)(C)CCOCn1ccc2c(-c3cnn([C@@H](CC#N)[C@H]4CCN(c5nc(Cl)ccc5F)C4)c3)ncnc21. The van der Waals surface area contributed by atoms with Crippen molar-refractivity contribution >= 4 is 36.5 Å². The average Bonchev–Trinajstić information content (AvgIpc) is 3.66. The van der Waals surface area contributed by atoms with Gasteiger partial charge in [-0.2, -0.15) is 10.4 Å². The number of hydrogen-bond acceptors (Lipinski definition) is 7. The van der Waals surface area contributed by atoms with Crippen molar-refractivity contribution in [1.29, 1.82) is 5.26 Å². The van der Waals surface area contributed by atoms with Gasteiger partial charge in [-0.3, -0.25) is 4.68 Å². The van der Waals surface area contributed by atoms with Crippen LogP contribution in [0.1, 0.15) is 18.9 Å². The smallest absolute Gasteiger partial charge is 0.166 e. The van der Waals surface area contributed by atoms with Crippen LogP contribution >= 0.6 is 11.6 Å². The van der Waals surface area contributed by atoms with Gasteiger partial charge in [0.15, 0.2) is 11.6 Å². The lowest BCUT2D eigenvalue weighted by Gasteiger charge is -2.23. The van der Waals surface area contributed by atoms with Gasteiger partial charge in [0, 0.05) is 57.0 Å². The van der Waals surface area contributed by atoms with Crippen molar-refractivity contribution in [2.45, 2.75) is 51.3 Å². The van der Waals surface area contributed by atoms with Gasteiger partial charge in [-0.25, -0.2) is 19.3 Å². The first-order valence-corrected chi connectivity index (χ1v) is 17.2. The third kappa shape index (κ3) is 6.13. The van der Waals surface area contributed by atoms with Crippen LogP contribution in [-0.2, 0) is 11.5 Å². The number of nitrogens with zero attached hydrogens (tertiary/aromatic N) is 8. The molecule has 1 aliphatic heterocycles. The van der Waals surface area contributed by atoms with Gasteiger partial charge in [-0.05, 0) is 30.7 Å². The van der Waals surface area contributed by atoms with Crippen LogP contribution in [0.15, 0.2) is 43.1 Å². The van der Waals surface area contributed by atoms with E-state index in [1.54, 1.807) is 12.5 Å². The van der Waals surface area contributed by atoms with Gasteiger partial charge in [0.25, 0.3) is 0 Å². The molecule has 0 bridgehead atoms. The fourth-order valence-electron chi connectivity index (χ4n) is 5.01. The third-order valence-electron chi connectivity index (χ3n) is 7.16. The van der Waals surface area contributed by atoms with Crippen molar-refractivity contribution in [3.63, 3.8) is 0 Å². The quantitative estimate of drug-likeness (QED) is 0.136. The number of anilines is 1. The lowest BCUT2D eigenvalue weighted by atomic mass is 9.96. The van der Waals surface area contributed by atoms with Crippen molar-refractivity contribution in [2.75, 3.05) is 24.6 Å². The van der Waals surface area contributed by atoms with Gasteiger partial charge in [-0.1, -0.05) is 31.2 Å². The molecule has 1 fully saturated rings. The highest BCUT2D eigenvalue weighted by molar-refractivity contribution is 6.76. The molecule has 1 saturated heterocycles. The first-order valence-electron chi connectivity index (χ1n) is 13.1. The minimum Gasteiger partial charge on any atom is -0.361 e. The number of rotatable bonds is 10. The van der Waals surface area contributed by atoms with Crippen molar-refractivity contribution < 1.29 is 9.13 Å². The van der Waals surface area contributed by atoms with E-state index in [0.29, 0.717) is 19.8 Å². The van der Waals surface area contributed by atoms with E-state index in [2.05, 4.69) is 45.8 Å². The lowest BCUT2D eigenvalue weighted by Crippen LogP contribution is -2.26. The second kappa shape index (κ2) is 11.4. The molecule has 12 heteroatoms. The highest BCUT2D eigenvalue weighted by atomic mass is 35.5. The Morgan fingerprint density at radius 3 is 2.90 bits per heavy atom. The molecule has 0 radical (unpaired) electrons. The Balaban J connectivity index is 1.33. The molecule has 0 amide bonds. The zero-order chi connectivity index (χ0) is 27.6. The molecule has 0 saturated carbocycles. The number of ether oxygens (including phenoxy) is 1. The first-order chi connectivity index (χ1) is 18.7. The predicted molar refractivity (Wildman–Crippen MR) is 152 cm³/mol. The molecule has 9 nitrogen and oxygen atoms in total. The molecule has 39 heavy (non-hydrogen) atoms. The summed E-state index contributed by atoms with van der Waals surface area (Å²) in [5, 5.41) is 15.4. The Hall–Kier alpha value is -3.33. The summed E-state index contributed by atoms with van der Waals surface area (Å²) in [6, 6.07) is 8.02. The van der Waals surface area contributed by atoms with Crippen LogP contribution in [-0.4, -0.2) is 57.1 Å². The maximum Gasteiger partial charge on any atom is 0.166 e. The number of fused-ring (bicyclic) bond motifs is 1. The van der Waals surface area contributed by atoms with Crippen LogP contribution in [0.4, 0.5) is 10.2 Å². The van der Waals surface area contributed by atoms with Crippen molar-refractivity contribution in [3.05, 3.63) is 54.1 Å². The summed E-state index contributed by atoms with van der Waals surface area (Å²) in [5.74, 6) is -0.0592. The number of hydrogen-bond donors (Lipinski definition) is 0. The number of nitriles is 1. The zero-order valence-electron chi connectivity index (χ0n) is 22.4. The summed E-state index contributed by atoms with van der Waals surface area (Å²) in [5.41, 5.74) is 2.43. The molecule has 0 N–H and O–H groups in total. The molecule has 5 heterocycles. The number of aromatic nitrogens is 6. The largest absolute Gasteiger partial charge is 0.361 e. The molecule has 0 unspecified atom stereocenters. The number of halogens is 2. The average molecular weight is 567 g/mol. The Morgan fingerprint density at radius 1 is 1.26 bits per heavy atom. The van der Waals surface area contributed by atoms with Crippen molar-refractivity contribution in [3.8, 4) is 17.3 Å². The van der Waals surface area contributed by atoms with Gasteiger partial charge in [0.2, 0.25) is 0 Å². The standard InChI is InChI=1S/C27H32ClFN8OSi/c1-39(2,3)13-12-38-18-36-11-8-21-25(31-17-32-26(21)36)20-14-33-37(16-20)23(6-9-30)19-7-10-35(15-19)27-22(29)4-5-24(28)34-27/h4-5,8,11,14,16-17,19,23H,6-7,10,12-13,15,18H2,1-3H3/t19-,23-/m0/s1. The molecule has 204 valence electrons. The lowest BCUT2D eigenvalue weighted by molar-refractivity contribution is 0.0899. The van der Waals surface area contributed by atoms with Gasteiger partial charge in [0.05, 0.1) is 30.4 Å². The van der Waals surface area contributed by atoms with E-state index in [1.807, 2.05) is 32.6 Å². The minimum atomic E-state index is -1.15. The second-order valence-electron chi connectivity index (χ2n) is 11.2. The molecule has 5 rings (SSSR count). The molecule has 4 aromatic heterocycles. The van der Waals surface area contributed by atoms with Gasteiger partial charge in [0.1, 0.15) is 23.9 Å². The van der Waals surface area contributed by atoms with Crippen LogP contribution in [0, 0.1) is 23.1 Å². The van der Waals surface area contributed by atoms with Gasteiger partial charge >= 0.3 is 0 Å². The van der Waals surface area contributed by atoms with Crippen LogP contribution in [0.25, 0.3) is 22.3 Å². The Bertz CT molecular complexity index is 1490. The van der Waals surface area contributed by atoms with Crippen LogP contribution in [0.3, 0.4) is 0 Å². The molecule has 1 aliphatic rings. The number of pyridine rings is 1. The van der Waals surface area contributed by atoms with E-state index in [4.69, 9.17) is 16.3 Å². The van der Waals surface area contributed by atoms with Crippen LogP contribution < -0.4 is 4.90 Å². The fraction of sp³-hybridized carbons (Fsp3) is 0.444. The van der Waals surface area contributed by atoms with Crippen LogP contribution in [0.2, 0.25) is 30.8 Å². The normalized spacial score (nSPS) is 16.6. The summed E-state index contributed by atoms with van der Waals surface area (Å²) in [7, 11) is -1.15. The maximum absolute atomic E-state index is 14.4. The van der Waals surface area contributed by atoms with E-state index in [0.717, 1.165) is 41.4 Å². The first kappa shape index (κ1) is 27.2.